The van der Waals surface area contributed by atoms with Gasteiger partial charge in [0.2, 0.25) is 15.9 Å². The summed E-state index contributed by atoms with van der Waals surface area (Å²) in [6.07, 6.45) is 1.30. The molecule has 134 valence electrons. The molecular weight excluding hydrogens is 360 g/mol. The number of pyridine rings is 1. The van der Waals surface area contributed by atoms with Crippen molar-refractivity contribution in [1.82, 2.24) is 9.29 Å². The molecule has 1 aromatic heterocycles. The maximum Gasteiger partial charge on any atom is 0.243 e. The standard InChI is InChI=1S/C18H21ClN2O3S/c1-18(2,3)13-4-7-16(8-5-13)25(22,23)21-11-15(12-21)24-17-9-6-14(19)10-20-17/h4-10,15H,11-12H2,1-3H3. The van der Waals surface area contributed by atoms with Crippen molar-refractivity contribution in [3.8, 4) is 5.88 Å². The van der Waals surface area contributed by atoms with Crippen molar-refractivity contribution in [3.05, 3.63) is 53.2 Å². The van der Waals surface area contributed by atoms with Crippen molar-refractivity contribution < 1.29 is 13.2 Å². The Hall–Kier alpha value is -1.63. The van der Waals surface area contributed by atoms with E-state index in [0.29, 0.717) is 28.9 Å². The van der Waals surface area contributed by atoms with Gasteiger partial charge in [0.05, 0.1) is 23.0 Å². The minimum absolute atomic E-state index is 0.0104. The molecular formula is C18H21ClN2O3S. The Labute approximate surface area is 153 Å². The fourth-order valence-electron chi connectivity index (χ4n) is 2.55. The zero-order chi connectivity index (χ0) is 18.2. The SMILES string of the molecule is CC(C)(C)c1ccc(S(=O)(=O)N2CC(Oc3ccc(Cl)cn3)C2)cc1. The molecule has 1 aliphatic heterocycles. The molecule has 0 spiro atoms. The molecule has 0 N–H and O–H groups in total. The van der Waals surface area contributed by atoms with Crippen LogP contribution in [0.2, 0.25) is 5.02 Å². The summed E-state index contributed by atoms with van der Waals surface area (Å²) in [6, 6.07) is 10.4. The minimum Gasteiger partial charge on any atom is -0.472 e. The monoisotopic (exact) mass is 380 g/mol. The lowest BCUT2D eigenvalue weighted by molar-refractivity contribution is 0.0721. The molecule has 0 unspecified atom stereocenters. The predicted octanol–water partition coefficient (Wildman–Crippen LogP) is 3.48. The summed E-state index contributed by atoms with van der Waals surface area (Å²) in [5.74, 6) is 0.445. The molecule has 0 amide bonds. The van der Waals surface area contributed by atoms with E-state index in [-0.39, 0.29) is 11.5 Å². The van der Waals surface area contributed by atoms with Gasteiger partial charge in [0, 0.05) is 12.3 Å². The second-order valence-corrected chi connectivity index (χ2v) is 9.53. The van der Waals surface area contributed by atoms with Crippen LogP contribution in [0.3, 0.4) is 0 Å². The third kappa shape index (κ3) is 3.97. The summed E-state index contributed by atoms with van der Waals surface area (Å²) < 4.78 is 32.4. The highest BCUT2D eigenvalue weighted by atomic mass is 35.5. The van der Waals surface area contributed by atoms with E-state index in [1.807, 2.05) is 12.1 Å². The lowest BCUT2D eigenvalue weighted by Crippen LogP contribution is -2.56. The first-order valence-corrected chi connectivity index (χ1v) is 9.87. The topological polar surface area (TPSA) is 59.5 Å². The van der Waals surface area contributed by atoms with Gasteiger partial charge in [-0.1, -0.05) is 44.5 Å². The fourth-order valence-corrected chi connectivity index (χ4v) is 4.17. The van der Waals surface area contributed by atoms with Crippen molar-refractivity contribution in [3.63, 3.8) is 0 Å². The van der Waals surface area contributed by atoms with Gasteiger partial charge in [-0.2, -0.15) is 4.31 Å². The second-order valence-electron chi connectivity index (χ2n) is 7.15. The fraction of sp³-hybridized carbons (Fsp3) is 0.389. The van der Waals surface area contributed by atoms with Crippen LogP contribution in [0.25, 0.3) is 0 Å². The Morgan fingerprint density at radius 2 is 1.76 bits per heavy atom. The summed E-state index contributed by atoms with van der Waals surface area (Å²) in [4.78, 5) is 4.36. The van der Waals surface area contributed by atoms with Crippen LogP contribution in [0.1, 0.15) is 26.3 Å². The van der Waals surface area contributed by atoms with Crippen LogP contribution in [-0.4, -0.2) is 36.9 Å². The third-order valence-electron chi connectivity index (χ3n) is 4.16. The van der Waals surface area contributed by atoms with Gasteiger partial charge in [-0.15, -0.1) is 0 Å². The number of aromatic nitrogens is 1. The Kier molecular flexibility index (Phi) is 4.79. The van der Waals surface area contributed by atoms with Crippen molar-refractivity contribution >= 4 is 21.6 Å². The van der Waals surface area contributed by atoms with E-state index >= 15 is 0 Å². The average Bonchev–Trinajstić information content (AvgIpc) is 2.51. The van der Waals surface area contributed by atoms with Gasteiger partial charge < -0.3 is 4.74 Å². The molecule has 0 atom stereocenters. The van der Waals surface area contributed by atoms with E-state index in [9.17, 15) is 8.42 Å². The Morgan fingerprint density at radius 1 is 1.12 bits per heavy atom. The molecule has 1 aromatic carbocycles. The van der Waals surface area contributed by atoms with Crippen LogP contribution in [0.5, 0.6) is 5.88 Å². The molecule has 2 heterocycles. The van der Waals surface area contributed by atoms with Gasteiger partial charge in [0.1, 0.15) is 6.10 Å². The number of sulfonamides is 1. The van der Waals surface area contributed by atoms with Crippen molar-refractivity contribution in [2.75, 3.05) is 13.1 Å². The predicted molar refractivity (Wildman–Crippen MR) is 97.6 cm³/mol. The molecule has 0 aliphatic carbocycles. The minimum atomic E-state index is -3.48. The maximum absolute atomic E-state index is 12.7. The number of hydrogen-bond acceptors (Lipinski definition) is 4. The molecule has 0 bridgehead atoms. The number of ether oxygens (including phenoxy) is 1. The van der Waals surface area contributed by atoms with E-state index in [1.54, 1.807) is 24.3 Å². The summed E-state index contributed by atoms with van der Waals surface area (Å²) in [6.45, 7) is 6.91. The Morgan fingerprint density at radius 3 is 2.28 bits per heavy atom. The van der Waals surface area contributed by atoms with Crippen LogP contribution < -0.4 is 4.74 Å². The van der Waals surface area contributed by atoms with Crippen LogP contribution in [-0.2, 0) is 15.4 Å². The van der Waals surface area contributed by atoms with Crippen LogP contribution >= 0.6 is 11.6 Å². The highest BCUT2D eigenvalue weighted by Crippen LogP contribution is 2.27. The molecule has 1 saturated heterocycles. The zero-order valence-corrected chi connectivity index (χ0v) is 16.0. The summed E-state index contributed by atoms with van der Waals surface area (Å²) in [7, 11) is -3.48. The van der Waals surface area contributed by atoms with E-state index in [2.05, 4.69) is 25.8 Å². The number of hydrogen-bond donors (Lipinski definition) is 0. The molecule has 1 fully saturated rings. The van der Waals surface area contributed by atoms with E-state index in [0.717, 1.165) is 5.56 Å². The highest BCUT2D eigenvalue weighted by Gasteiger charge is 2.38. The molecule has 3 rings (SSSR count). The van der Waals surface area contributed by atoms with Crippen molar-refractivity contribution in [2.45, 2.75) is 37.2 Å². The third-order valence-corrected chi connectivity index (χ3v) is 6.23. The molecule has 2 aromatic rings. The first kappa shape index (κ1) is 18.2. The quantitative estimate of drug-likeness (QED) is 0.814. The smallest absolute Gasteiger partial charge is 0.243 e. The van der Waals surface area contributed by atoms with Gasteiger partial charge in [0.25, 0.3) is 0 Å². The van der Waals surface area contributed by atoms with Crippen LogP contribution in [0.4, 0.5) is 0 Å². The normalized spacial score (nSPS) is 16.5. The molecule has 1 aliphatic rings. The Balaban J connectivity index is 1.64. The van der Waals surface area contributed by atoms with Crippen LogP contribution in [0.15, 0.2) is 47.5 Å². The van der Waals surface area contributed by atoms with Gasteiger partial charge in [-0.05, 0) is 29.2 Å². The van der Waals surface area contributed by atoms with Gasteiger partial charge in [-0.25, -0.2) is 13.4 Å². The zero-order valence-electron chi connectivity index (χ0n) is 14.4. The lowest BCUT2D eigenvalue weighted by Gasteiger charge is -2.37. The van der Waals surface area contributed by atoms with Gasteiger partial charge >= 0.3 is 0 Å². The number of nitrogens with zero attached hydrogens (tertiary/aromatic N) is 2. The van der Waals surface area contributed by atoms with E-state index in [1.165, 1.54) is 10.5 Å². The maximum atomic E-state index is 12.7. The summed E-state index contributed by atoms with van der Waals surface area (Å²) in [5, 5.41) is 0.531. The van der Waals surface area contributed by atoms with Gasteiger partial charge in [-0.3, -0.25) is 0 Å². The molecule has 25 heavy (non-hydrogen) atoms. The summed E-state index contributed by atoms with van der Waals surface area (Å²) >= 11 is 5.78. The Bertz CT molecular complexity index is 837. The first-order chi connectivity index (χ1) is 11.7. The van der Waals surface area contributed by atoms with Crippen molar-refractivity contribution in [2.24, 2.45) is 0 Å². The molecule has 5 nitrogen and oxygen atoms in total. The molecule has 0 radical (unpaired) electrons. The van der Waals surface area contributed by atoms with Crippen molar-refractivity contribution in [1.29, 1.82) is 0 Å². The lowest BCUT2D eigenvalue weighted by atomic mass is 9.87. The number of benzene rings is 1. The largest absolute Gasteiger partial charge is 0.472 e. The summed E-state index contributed by atoms with van der Waals surface area (Å²) in [5.41, 5.74) is 1.09. The number of rotatable bonds is 4. The second kappa shape index (κ2) is 6.59. The molecule has 0 saturated carbocycles. The van der Waals surface area contributed by atoms with Gasteiger partial charge in [0.15, 0.2) is 0 Å². The number of halogens is 1. The first-order valence-electron chi connectivity index (χ1n) is 8.05. The van der Waals surface area contributed by atoms with E-state index < -0.39 is 10.0 Å². The highest BCUT2D eigenvalue weighted by molar-refractivity contribution is 7.89. The van der Waals surface area contributed by atoms with E-state index in [4.69, 9.17) is 16.3 Å². The average molecular weight is 381 g/mol. The van der Waals surface area contributed by atoms with Crippen LogP contribution in [0, 0.1) is 0 Å². The molecule has 7 heteroatoms.